The number of carbonyl (C=O) groups is 2. The van der Waals surface area contributed by atoms with Crippen LogP contribution in [0.1, 0.15) is 45.1 Å². The molecule has 50 heavy (non-hydrogen) atoms. The van der Waals surface area contributed by atoms with E-state index in [0.29, 0.717) is 23.6 Å². The lowest BCUT2D eigenvalue weighted by molar-refractivity contribution is -0.162. The van der Waals surface area contributed by atoms with Crippen molar-refractivity contribution in [2.45, 2.75) is 51.5 Å². The highest BCUT2D eigenvalue weighted by atomic mass is 35.5. The molecule has 258 valence electrons. The largest absolute Gasteiger partial charge is 0.494 e. The summed E-state index contributed by atoms with van der Waals surface area (Å²) in [6.45, 7) is 1.88. The van der Waals surface area contributed by atoms with Crippen molar-refractivity contribution < 1.29 is 33.6 Å². The van der Waals surface area contributed by atoms with Crippen LogP contribution in [0.2, 0.25) is 5.02 Å². The molecule has 0 fully saturated rings. The van der Waals surface area contributed by atoms with E-state index in [1.54, 1.807) is 18.2 Å². The van der Waals surface area contributed by atoms with E-state index in [1.807, 2.05) is 122 Å². The lowest BCUT2D eigenvalue weighted by atomic mass is 9.94. The first-order chi connectivity index (χ1) is 24.4. The highest BCUT2D eigenvalue weighted by Crippen LogP contribution is 2.27. The fourth-order valence-corrected chi connectivity index (χ4v) is 5.70. The molecule has 0 bridgehead atoms. The zero-order chi connectivity index (χ0) is 35.1. The Morgan fingerprint density at radius 1 is 0.640 bits per heavy atom. The van der Waals surface area contributed by atoms with E-state index in [2.05, 4.69) is 0 Å². The van der Waals surface area contributed by atoms with Crippen LogP contribution in [-0.4, -0.2) is 48.2 Å². The summed E-state index contributed by atoms with van der Waals surface area (Å²) < 4.78 is 24.6. The number of hydrogen-bond acceptors (Lipinski definition) is 7. The first-order valence-corrected chi connectivity index (χ1v) is 17.0. The maximum absolute atomic E-state index is 14.6. The minimum absolute atomic E-state index is 0.0508. The first kappa shape index (κ1) is 36.6. The van der Waals surface area contributed by atoms with Crippen LogP contribution >= 0.6 is 11.6 Å². The fourth-order valence-electron chi connectivity index (χ4n) is 5.52. The van der Waals surface area contributed by atoms with Crippen molar-refractivity contribution >= 4 is 23.2 Å². The maximum atomic E-state index is 14.6. The molecule has 0 radical (unpaired) electrons. The van der Waals surface area contributed by atoms with E-state index in [1.165, 1.54) is 0 Å². The number of halogens is 1. The molecule has 0 aromatic heterocycles. The van der Waals surface area contributed by atoms with Gasteiger partial charge in [0.1, 0.15) is 30.7 Å². The van der Waals surface area contributed by atoms with Gasteiger partial charge in [0, 0.05) is 10.6 Å². The SMILES string of the molecule is CCOc1ccc(Cc2cc(C(=O)C(OCc3ccccc3)C(OCc3ccccc3)C(OCc3ccccc3)C(=O)CO)ccc2Cl)cc1. The van der Waals surface area contributed by atoms with E-state index >= 15 is 0 Å². The molecule has 0 saturated carbocycles. The summed E-state index contributed by atoms with van der Waals surface area (Å²) in [6, 6.07) is 41.0. The molecule has 7 nitrogen and oxygen atoms in total. The third-order valence-corrected chi connectivity index (χ3v) is 8.49. The van der Waals surface area contributed by atoms with Gasteiger partial charge in [0.2, 0.25) is 0 Å². The molecule has 5 aromatic rings. The Kier molecular flexibility index (Phi) is 13.9. The second-order valence-corrected chi connectivity index (χ2v) is 12.2. The first-order valence-electron chi connectivity index (χ1n) is 16.6. The smallest absolute Gasteiger partial charge is 0.194 e. The van der Waals surface area contributed by atoms with Gasteiger partial charge in [0.25, 0.3) is 0 Å². The molecule has 3 unspecified atom stereocenters. The van der Waals surface area contributed by atoms with Crippen LogP contribution in [0.3, 0.4) is 0 Å². The highest BCUT2D eigenvalue weighted by molar-refractivity contribution is 6.31. The summed E-state index contributed by atoms with van der Waals surface area (Å²) in [5, 5.41) is 10.6. The predicted octanol–water partition coefficient (Wildman–Crippen LogP) is 7.83. The molecule has 0 aliphatic heterocycles. The predicted molar refractivity (Wildman–Crippen MR) is 193 cm³/mol. The van der Waals surface area contributed by atoms with Gasteiger partial charge in [-0.25, -0.2) is 0 Å². The second-order valence-electron chi connectivity index (χ2n) is 11.7. The molecule has 0 aliphatic carbocycles. The summed E-state index contributed by atoms with van der Waals surface area (Å²) in [5.41, 5.74) is 4.54. The van der Waals surface area contributed by atoms with E-state index in [9.17, 15) is 14.7 Å². The van der Waals surface area contributed by atoms with Crippen LogP contribution in [0.25, 0.3) is 0 Å². The van der Waals surface area contributed by atoms with E-state index in [4.69, 9.17) is 30.5 Å². The average molecular weight is 693 g/mol. The second kappa shape index (κ2) is 18.9. The molecular formula is C42H41ClO7. The zero-order valence-corrected chi connectivity index (χ0v) is 28.7. The van der Waals surface area contributed by atoms with Crippen molar-refractivity contribution in [2.75, 3.05) is 13.2 Å². The van der Waals surface area contributed by atoms with E-state index < -0.39 is 36.5 Å². The van der Waals surface area contributed by atoms with Gasteiger partial charge < -0.3 is 24.1 Å². The van der Waals surface area contributed by atoms with Crippen molar-refractivity contribution in [2.24, 2.45) is 0 Å². The summed E-state index contributed by atoms with van der Waals surface area (Å²) in [4.78, 5) is 28.1. The Bertz CT molecular complexity index is 1780. The van der Waals surface area contributed by atoms with Crippen LogP contribution in [0.15, 0.2) is 133 Å². The third kappa shape index (κ3) is 10.4. The molecule has 5 aromatic carbocycles. The van der Waals surface area contributed by atoms with Crippen molar-refractivity contribution in [1.29, 1.82) is 0 Å². The number of Topliss-reactive ketones (excluding diaryl/α,β-unsaturated/α-hetero) is 2. The molecule has 0 heterocycles. The summed E-state index contributed by atoms with van der Waals surface area (Å²) >= 11 is 6.66. The topological polar surface area (TPSA) is 91.3 Å². The Morgan fingerprint density at radius 2 is 1.16 bits per heavy atom. The molecule has 1 N–H and O–H groups in total. The van der Waals surface area contributed by atoms with Crippen molar-refractivity contribution in [3.8, 4) is 5.75 Å². The molecule has 0 spiro atoms. The van der Waals surface area contributed by atoms with Crippen molar-refractivity contribution in [3.63, 3.8) is 0 Å². The Hall–Kier alpha value is -4.63. The lowest BCUT2D eigenvalue weighted by Crippen LogP contribution is -2.50. The number of aliphatic hydroxyl groups excluding tert-OH is 1. The summed E-state index contributed by atoms with van der Waals surface area (Å²) in [5.74, 6) is -0.275. The Balaban J connectivity index is 1.51. The normalized spacial score (nSPS) is 12.9. The van der Waals surface area contributed by atoms with Crippen molar-refractivity contribution in [1.82, 2.24) is 0 Å². The molecule has 0 amide bonds. The van der Waals surface area contributed by atoms with Gasteiger partial charge >= 0.3 is 0 Å². The third-order valence-electron chi connectivity index (χ3n) is 8.12. The van der Waals surface area contributed by atoms with Gasteiger partial charge in [-0.2, -0.15) is 0 Å². The number of hydrogen-bond donors (Lipinski definition) is 1. The molecule has 8 heteroatoms. The van der Waals surface area contributed by atoms with Gasteiger partial charge in [-0.05, 0) is 71.5 Å². The van der Waals surface area contributed by atoms with Gasteiger partial charge in [0.05, 0.1) is 26.4 Å². The van der Waals surface area contributed by atoms with Crippen LogP contribution in [-0.2, 0) is 45.2 Å². The van der Waals surface area contributed by atoms with Gasteiger partial charge in [-0.15, -0.1) is 0 Å². The number of ketones is 2. The van der Waals surface area contributed by atoms with Gasteiger partial charge in [-0.1, -0.05) is 115 Å². The van der Waals surface area contributed by atoms with Crippen LogP contribution in [0.4, 0.5) is 0 Å². The van der Waals surface area contributed by atoms with Crippen LogP contribution in [0, 0.1) is 0 Å². The molecule has 0 aliphatic rings. The number of ether oxygens (including phenoxy) is 4. The highest BCUT2D eigenvalue weighted by Gasteiger charge is 2.41. The zero-order valence-electron chi connectivity index (χ0n) is 28.0. The number of carbonyl (C=O) groups excluding carboxylic acids is 2. The molecular weight excluding hydrogens is 652 g/mol. The van der Waals surface area contributed by atoms with Crippen LogP contribution in [0.5, 0.6) is 5.75 Å². The molecule has 5 rings (SSSR count). The van der Waals surface area contributed by atoms with E-state index in [-0.39, 0.29) is 19.8 Å². The van der Waals surface area contributed by atoms with Gasteiger partial charge in [-0.3, -0.25) is 9.59 Å². The monoisotopic (exact) mass is 692 g/mol. The number of aliphatic hydroxyl groups is 1. The van der Waals surface area contributed by atoms with Crippen molar-refractivity contribution in [3.05, 3.63) is 172 Å². The summed E-state index contributed by atoms with van der Waals surface area (Å²) in [7, 11) is 0. The fraction of sp³-hybridized carbons (Fsp3) is 0.238. The minimum atomic E-state index is -1.33. The molecule has 3 atom stereocenters. The maximum Gasteiger partial charge on any atom is 0.194 e. The Labute approximate surface area is 298 Å². The Morgan fingerprint density at radius 3 is 1.68 bits per heavy atom. The standard InChI is InChI=1S/C42H41ClO7/c1-2-47-36-21-18-30(19-22-36)24-35-25-34(20-23-37(35)43)39(46)41(49-28-32-14-8-4-9-15-32)42(50-29-33-16-10-5-11-17-33)40(38(45)26-44)48-27-31-12-6-3-7-13-31/h3-23,25,40-42,44H,2,24,26-29H2,1H3. The lowest BCUT2D eigenvalue weighted by Gasteiger charge is -2.32. The summed E-state index contributed by atoms with van der Waals surface area (Å²) in [6.07, 6.45) is -3.37. The number of benzene rings is 5. The quantitative estimate of drug-likeness (QED) is 0.0883. The minimum Gasteiger partial charge on any atom is -0.494 e. The van der Waals surface area contributed by atoms with Gasteiger partial charge in [0.15, 0.2) is 11.6 Å². The number of rotatable bonds is 19. The average Bonchev–Trinajstić information content (AvgIpc) is 3.16. The van der Waals surface area contributed by atoms with Crippen LogP contribution < -0.4 is 4.74 Å². The van der Waals surface area contributed by atoms with E-state index in [0.717, 1.165) is 33.6 Å². The molecule has 0 saturated heterocycles.